The summed E-state index contributed by atoms with van der Waals surface area (Å²) >= 11 is 7.30. The number of rotatable bonds is 8. The van der Waals surface area contributed by atoms with E-state index in [2.05, 4.69) is 5.32 Å². The van der Waals surface area contributed by atoms with E-state index in [0.717, 1.165) is 4.90 Å². The second kappa shape index (κ2) is 8.84. The van der Waals surface area contributed by atoms with Gasteiger partial charge in [-0.25, -0.2) is 0 Å². The zero-order chi connectivity index (χ0) is 15.0. The zero-order valence-electron chi connectivity index (χ0n) is 11.0. The summed E-state index contributed by atoms with van der Waals surface area (Å²) < 4.78 is 4.97. The van der Waals surface area contributed by atoms with Crippen molar-refractivity contribution in [2.24, 2.45) is 0 Å². The van der Waals surface area contributed by atoms with Crippen LogP contribution in [0.25, 0.3) is 0 Å². The van der Waals surface area contributed by atoms with Crippen LogP contribution in [0.4, 0.5) is 0 Å². The number of methoxy groups -OCH3 is 1. The van der Waals surface area contributed by atoms with Gasteiger partial charge in [0.2, 0.25) is 5.91 Å². The fourth-order valence-electron chi connectivity index (χ4n) is 1.42. The number of ether oxygens (including phenoxy) is 1. The summed E-state index contributed by atoms with van der Waals surface area (Å²) in [5.74, 6) is -0.938. The predicted molar refractivity (Wildman–Crippen MR) is 78.2 cm³/mol. The van der Waals surface area contributed by atoms with Gasteiger partial charge < -0.3 is 15.2 Å². The molecule has 7 heteroatoms. The number of thioether (sulfide) groups is 1. The molecule has 0 radical (unpaired) electrons. The molecule has 0 aliphatic heterocycles. The van der Waals surface area contributed by atoms with Crippen molar-refractivity contribution < 1.29 is 19.4 Å². The number of aliphatic carboxylic acids is 1. The van der Waals surface area contributed by atoms with Gasteiger partial charge in [0, 0.05) is 18.6 Å². The summed E-state index contributed by atoms with van der Waals surface area (Å²) in [6, 6.07) is 7.26. The molecule has 0 aliphatic carbocycles. The molecule has 1 unspecified atom stereocenters. The van der Waals surface area contributed by atoms with Gasteiger partial charge in [-0.3, -0.25) is 9.59 Å². The molecule has 0 spiro atoms. The summed E-state index contributed by atoms with van der Waals surface area (Å²) in [6.07, 6.45) is -0.671. The number of hydrogen-bond acceptors (Lipinski definition) is 4. The highest BCUT2D eigenvalue weighted by Crippen LogP contribution is 2.26. The molecule has 1 amide bonds. The topological polar surface area (TPSA) is 75.6 Å². The van der Waals surface area contributed by atoms with Gasteiger partial charge in [0.25, 0.3) is 0 Å². The molecule has 1 rings (SSSR count). The molecule has 20 heavy (non-hydrogen) atoms. The molecule has 1 atom stereocenters. The summed E-state index contributed by atoms with van der Waals surface area (Å²) in [4.78, 5) is 23.0. The predicted octanol–water partition coefficient (Wildman–Crippen LogP) is 2.04. The van der Waals surface area contributed by atoms with Crippen molar-refractivity contribution in [3.63, 3.8) is 0 Å². The van der Waals surface area contributed by atoms with Gasteiger partial charge in [0.1, 0.15) is 0 Å². The van der Waals surface area contributed by atoms with Gasteiger partial charge in [0.15, 0.2) is 0 Å². The fourth-order valence-corrected chi connectivity index (χ4v) is 2.49. The third-order valence-corrected chi connectivity index (χ3v) is 3.97. The molecule has 110 valence electrons. The highest BCUT2D eigenvalue weighted by molar-refractivity contribution is 8.00. The molecule has 2 N–H and O–H groups in total. The number of nitrogens with one attached hydrogen (secondary N) is 1. The Hall–Kier alpha value is -1.24. The van der Waals surface area contributed by atoms with Crippen LogP contribution in [0, 0.1) is 0 Å². The molecule has 0 saturated carbocycles. The summed E-state index contributed by atoms with van der Waals surface area (Å²) in [6.45, 7) is 0.171. The molecular formula is C13H16ClNO4S. The Bertz CT molecular complexity index is 469. The number of hydrogen-bond donors (Lipinski definition) is 2. The lowest BCUT2D eigenvalue weighted by Crippen LogP contribution is -2.35. The molecule has 5 nitrogen and oxygen atoms in total. The van der Waals surface area contributed by atoms with Crippen molar-refractivity contribution in [2.45, 2.75) is 17.4 Å². The lowest BCUT2D eigenvalue weighted by Gasteiger charge is -2.13. The number of carboxylic acids is 1. The van der Waals surface area contributed by atoms with Gasteiger partial charge in [-0.05, 0) is 12.1 Å². The van der Waals surface area contributed by atoms with Crippen LogP contribution < -0.4 is 5.32 Å². The normalized spacial score (nSPS) is 11.9. The van der Waals surface area contributed by atoms with Crippen molar-refractivity contribution in [3.8, 4) is 0 Å². The fraction of sp³-hybridized carbons (Fsp3) is 0.385. The van der Waals surface area contributed by atoms with Gasteiger partial charge in [-0.1, -0.05) is 23.7 Å². The van der Waals surface area contributed by atoms with Crippen molar-refractivity contribution in [2.75, 3.05) is 19.4 Å². The van der Waals surface area contributed by atoms with Gasteiger partial charge in [0.05, 0.1) is 23.3 Å². The Morgan fingerprint density at radius 3 is 2.75 bits per heavy atom. The Morgan fingerprint density at radius 2 is 2.15 bits per heavy atom. The van der Waals surface area contributed by atoms with E-state index in [-0.39, 0.29) is 24.6 Å². The number of benzene rings is 1. The molecule has 0 fully saturated rings. The monoisotopic (exact) mass is 317 g/mol. The van der Waals surface area contributed by atoms with Crippen molar-refractivity contribution in [1.29, 1.82) is 0 Å². The first-order valence-corrected chi connectivity index (χ1v) is 7.28. The van der Waals surface area contributed by atoms with Crippen LogP contribution in [0.3, 0.4) is 0 Å². The quantitative estimate of drug-likeness (QED) is 0.718. The second-order valence-electron chi connectivity index (χ2n) is 3.98. The summed E-state index contributed by atoms with van der Waals surface area (Å²) in [5, 5.41) is 11.9. The average molecular weight is 318 g/mol. The largest absolute Gasteiger partial charge is 0.481 e. The molecule has 1 aromatic rings. The molecule has 0 bridgehead atoms. The van der Waals surface area contributed by atoms with Gasteiger partial charge in [-0.15, -0.1) is 11.8 Å². The minimum atomic E-state index is -0.962. The molecule has 0 aromatic heterocycles. The standard InChI is InChI=1S/C13H16ClNO4S/c1-19-9(6-13(17)18)7-15-12(16)8-20-11-5-3-2-4-10(11)14/h2-5,9H,6-8H2,1H3,(H,15,16)(H,17,18). The lowest BCUT2D eigenvalue weighted by atomic mass is 10.2. The number of halogens is 1. The Balaban J connectivity index is 2.33. The minimum absolute atomic E-state index is 0.144. The van der Waals surface area contributed by atoms with Crippen LogP contribution in [0.15, 0.2) is 29.2 Å². The molecule has 0 heterocycles. The van der Waals surface area contributed by atoms with Crippen LogP contribution in [0.5, 0.6) is 0 Å². The first-order valence-electron chi connectivity index (χ1n) is 5.91. The third kappa shape index (κ3) is 6.27. The SMILES string of the molecule is COC(CNC(=O)CSc1ccccc1Cl)CC(=O)O. The van der Waals surface area contributed by atoms with Crippen LogP contribution in [-0.2, 0) is 14.3 Å². The van der Waals surface area contributed by atoms with Gasteiger partial charge >= 0.3 is 5.97 Å². The molecular weight excluding hydrogens is 302 g/mol. The van der Waals surface area contributed by atoms with Crippen LogP contribution in [0.1, 0.15) is 6.42 Å². The Morgan fingerprint density at radius 1 is 1.45 bits per heavy atom. The van der Waals surface area contributed by atoms with Crippen molar-refractivity contribution in [1.82, 2.24) is 5.32 Å². The number of carbonyl (C=O) groups excluding carboxylic acids is 1. The summed E-state index contributed by atoms with van der Waals surface area (Å²) in [5.41, 5.74) is 0. The molecule has 0 aliphatic rings. The van der Waals surface area contributed by atoms with E-state index < -0.39 is 12.1 Å². The van der Waals surface area contributed by atoms with E-state index in [4.69, 9.17) is 21.4 Å². The van der Waals surface area contributed by atoms with E-state index in [1.54, 1.807) is 6.07 Å². The highest BCUT2D eigenvalue weighted by atomic mass is 35.5. The van der Waals surface area contributed by atoms with Crippen molar-refractivity contribution >= 4 is 35.2 Å². The maximum Gasteiger partial charge on any atom is 0.306 e. The van der Waals surface area contributed by atoms with Gasteiger partial charge in [-0.2, -0.15) is 0 Å². The van der Waals surface area contributed by atoms with E-state index in [9.17, 15) is 9.59 Å². The van der Waals surface area contributed by atoms with Crippen molar-refractivity contribution in [3.05, 3.63) is 29.3 Å². The smallest absolute Gasteiger partial charge is 0.306 e. The number of carboxylic acid groups (broad SMARTS) is 1. The van der Waals surface area contributed by atoms with E-state index in [0.29, 0.717) is 5.02 Å². The average Bonchev–Trinajstić information content (AvgIpc) is 2.42. The first kappa shape index (κ1) is 16.8. The van der Waals surface area contributed by atoms with E-state index >= 15 is 0 Å². The van der Waals surface area contributed by atoms with Crippen LogP contribution in [0.2, 0.25) is 5.02 Å². The van der Waals surface area contributed by atoms with Crippen LogP contribution in [-0.4, -0.2) is 42.5 Å². The Kier molecular flexibility index (Phi) is 7.43. The molecule has 1 aromatic carbocycles. The van der Waals surface area contributed by atoms with E-state index in [1.807, 2.05) is 18.2 Å². The number of carbonyl (C=O) groups is 2. The third-order valence-electron chi connectivity index (χ3n) is 2.46. The lowest BCUT2D eigenvalue weighted by molar-refractivity contribution is -0.140. The maximum absolute atomic E-state index is 11.7. The van der Waals surface area contributed by atoms with Crippen LogP contribution >= 0.6 is 23.4 Å². The minimum Gasteiger partial charge on any atom is -0.481 e. The summed E-state index contributed by atoms with van der Waals surface area (Å²) in [7, 11) is 1.41. The second-order valence-corrected chi connectivity index (χ2v) is 5.40. The zero-order valence-corrected chi connectivity index (χ0v) is 12.5. The van der Waals surface area contributed by atoms with E-state index in [1.165, 1.54) is 18.9 Å². The highest BCUT2D eigenvalue weighted by Gasteiger charge is 2.13. The first-order chi connectivity index (χ1) is 9.52. The Labute approximate surface area is 126 Å². The maximum atomic E-state index is 11.7. The number of amides is 1. The molecule has 0 saturated heterocycles.